The minimum Gasteiger partial charge on any atom is -0.355 e. The van der Waals surface area contributed by atoms with E-state index in [0.29, 0.717) is 6.54 Å². The maximum absolute atomic E-state index is 10.2. The summed E-state index contributed by atoms with van der Waals surface area (Å²) in [5, 5.41) is 5.08. The number of nitrogens with one attached hydrogen (secondary N) is 1. The molecule has 0 aromatic heterocycles. The molecule has 0 radical (unpaired) electrons. The van der Waals surface area contributed by atoms with Crippen LogP contribution in [0.1, 0.15) is 5.56 Å². The second-order valence-electron chi connectivity index (χ2n) is 3.14. The molecule has 0 aliphatic heterocycles. The molecule has 2 nitrogen and oxygen atoms in total. The first-order chi connectivity index (χ1) is 6.92. The molecule has 0 fully saturated rings. The Labute approximate surface area is 82.6 Å². The van der Waals surface area contributed by atoms with Gasteiger partial charge in [0.05, 0.1) is 0 Å². The van der Waals surface area contributed by atoms with Gasteiger partial charge in [0.25, 0.3) is 0 Å². The monoisotopic (exact) mass is 185 g/mol. The molecule has 2 heteroatoms. The highest BCUT2D eigenvalue weighted by Crippen LogP contribution is 2.17. The molecule has 0 saturated heterocycles. The SMILES string of the molecule is O=CNCc1cccc2ccccc12. The van der Waals surface area contributed by atoms with Gasteiger partial charge in [0.2, 0.25) is 6.41 Å². The van der Waals surface area contributed by atoms with E-state index in [-0.39, 0.29) is 0 Å². The lowest BCUT2D eigenvalue weighted by molar-refractivity contribution is -0.109. The summed E-state index contributed by atoms with van der Waals surface area (Å²) in [7, 11) is 0. The van der Waals surface area contributed by atoms with Gasteiger partial charge in [-0.05, 0) is 16.3 Å². The van der Waals surface area contributed by atoms with Gasteiger partial charge in [0.1, 0.15) is 0 Å². The smallest absolute Gasteiger partial charge is 0.207 e. The Morgan fingerprint density at radius 1 is 1.07 bits per heavy atom. The maximum atomic E-state index is 10.2. The molecule has 2 aromatic rings. The van der Waals surface area contributed by atoms with Crippen molar-refractivity contribution in [2.24, 2.45) is 0 Å². The molecule has 1 amide bonds. The number of hydrogen-bond donors (Lipinski definition) is 1. The number of hydrogen-bond acceptors (Lipinski definition) is 1. The third kappa shape index (κ3) is 1.59. The Kier molecular flexibility index (Phi) is 2.45. The molecule has 0 aliphatic rings. The summed E-state index contributed by atoms with van der Waals surface area (Å²) in [5.74, 6) is 0. The Morgan fingerprint density at radius 2 is 1.86 bits per heavy atom. The van der Waals surface area contributed by atoms with Gasteiger partial charge < -0.3 is 5.32 Å². The van der Waals surface area contributed by atoms with E-state index in [1.165, 1.54) is 10.8 Å². The minimum atomic E-state index is 0.588. The summed E-state index contributed by atoms with van der Waals surface area (Å²) in [6.45, 7) is 0.588. The highest BCUT2D eigenvalue weighted by Gasteiger charge is 1.97. The van der Waals surface area contributed by atoms with Gasteiger partial charge in [-0.15, -0.1) is 0 Å². The van der Waals surface area contributed by atoms with E-state index in [1.54, 1.807) is 0 Å². The van der Waals surface area contributed by atoms with Crippen molar-refractivity contribution in [3.05, 3.63) is 48.0 Å². The van der Waals surface area contributed by atoms with Crippen LogP contribution >= 0.6 is 0 Å². The molecule has 0 bridgehead atoms. The molecule has 2 rings (SSSR count). The van der Waals surface area contributed by atoms with E-state index in [1.807, 2.05) is 24.3 Å². The Morgan fingerprint density at radius 3 is 2.71 bits per heavy atom. The summed E-state index contributed by atoms with van der Waals surface area (Å²) >= 11 is 0. The van der Waals surface area contributed by atoms with Gasteiger partial charge in [-0.1, -0.05) is 42.5 Å². The van der Waals surface area contributed by atoms with Crippen LogP contribution in [0.5, 0.6) is 0 Å². The fourth-order valence-electron chi connectivity index (χ4n) is 1.60. The molecule has 0 unspecified atom stereocenters. The second kappa shape index (κ2) is 3.92. The predicted octanol–water partition coefficient (Wildman–Crippen LogP) is 2.09. The lowest BCUT2D eigenvalue weighted by Crippen LogP contribution is -2.09. The molecule has 1 N–H and O–H groups in total. The third-order valence-corrected chi connectivity index (χ3v) is 2.26. The van der Waals surface area contributed by atoms with Gasteiger partial charge >= 0.3 is 0 Å². The average Bonchev–Trinajstić information content (AvgIpc) is 2.26. The van der Waals surface area contributed by atoms with Crippen LogP contribution in [0.3, 0.4) is 0 Å². The van der Waals surface area contributed by atoms with E-state index >= 15 is 0 Å². The lowest BCUT2D eigenvalue weighted by Gasteiger charge is -2.04. The largest absolute Gasteiger partial charge is 0.355 e. The van der Waals surface area contributed by atoms with Gasteiger partial charge in [-0.3, -0.25) is 4.79 Å². The van der Waals surface area contributed by atoms with Gasteiger partial charge in [0.15, 0.2) is 0 Å². The number of amides is 1. The van der Waals surface area contributed by atoms with Gasteiger partial charge in [0, 0.05) is 6.54 Å². The molecule has 0 spiro atoms. The van der Waals surface area contributed by atoms with Crippen molar-refractivity contribution in [1.29, 1.82) is 0 Å². The van der Waals surface area contributed by atoms with Crippen molar-refractivity contribution in [2.45, 2.75) is 6.54 Å². The molecular formula is C12H11NO. The van der Waals surface area contributed by atoms with Crippen molar-refractivity contribution in [1.82, 2.24) is 5.32 Å². The number of rotatable bonds is 3. The predicted molar refractivity (Wildman–Crippen MR) is 56.9 cm³/mol. The fourth-order valence-corrected chi connectivity index (χ4v) is 1.60. The van der Waals surface area contributed by atoms with Crippen LogP contribution in [0.25, 0.3) is 10.8 Å². The van der Waals surface area contributed by atoms with E-state index in [4.69, 9.17) is 0 Å². The molecule has 0 atom stereocenters. The van der Waals surface area contributed by atoms with Gasteiger partial charge in [-0.2, -0.15) is 0 Å². The first kappa shape index (κ1) is 8.75. The Hall–Kier alpha value is -1.83. The quantitative estimate of drug-likeness (QED) is 0.729. The fraction of sp³-hybridized carbons (Fsp3) is 0.0833. The molecule has 70 valence electrons. The normalized spacial score (nSPS) is 10.0. The third-order valence-electron chi connectivity index (χ3n) is 2.26. The zero-order valence-corrected chi connectivity index (χ0v) is 7.73. The van der Waals surface area contributed by atoms with Crippen LogP contribution in [-0.4, -0.2) is 6.41 Å². The highest BCUT2D eigenvalue weighted by molar-refractivity contribution is 5.85. The molecule has 0 aliphatic carbocycles. The van der Waals surface area contributed by atoms with Crippen LogP contribution in [0.15, 0.2) is 42.5 Å². The summed E-state index contributed by atoms with van der Waals surface area (Å²) in [6.07, 6.45) is 0.724. The van der Waals surface area contributed by atoms with Crippen LogP contribution in [-0.2, 0) is 11.3 Å². The molecule has 0 saturated carbocycles. The minimum absolute atomic E-state index is 0.588. The van der Waals surface area contributed by atoms with E-state index in [2.05, 4.69) is 23.5 Å². The first-order valence-corrected chi connectivity index (χ1v) is 4.55. The zero-order chi connectivity index (χ0) is 9.80. The second-order valence-corrected chi connectivity index (χ2v) is 3.14. The Balaban J connectivity index is 2.48. The van der Waals surface area contributed by atoms with Crippen LogP contribution in [0, 0.1) is 0 Å². The van der Waals surface area contributed by atoms with Crippen molar-refractivity contribution in [2.75, 3.05) is 0 Å². The van der Waals surface area contributed by atoms with Crippen LogP contribution in [0.4, 0.5) is 0 Å². The molecular weight excluding hydrogens is 174 g/mol. The number of fused-ring (bicyclic) bond motifs is 1. The Bertz CT molecular complexity index is 446. The highest BCUT2D eigenvalue weighted by atomic mass is 16.1. The van der Waals surface area contributed by atoms with Gasteiger partial charge in [-0.25, -0.2) is 0 Å². The summed E-state index contributed by atoms with van der Waals surface area (Å²) in [6, 6.07) is 14.3. The zero-order valence-electron chi connectivity index (χ0n) is 7.73. The molecule has 14 heavy (non-hydrogen) atoms. The topological polar surface area (TPSA) is 29.1 Å². The number of carbonyl (C=O) groups is 1. The standard InChI is InChI=1S/C12H11NO/c14-9-13-8-11-6-3-5-10-4-1-2-7-12(10)11/h1-7,9H,8H2,(H,13,14). The van der Waals surface area contributed by atoms with Crippen molar-refractivity contribution < 1.29 is 4.79 Å². The summed E-state index contributed by atoms with van der Waals surface area (Å²) < 4.78 is 0. The average molecular weight is 185 g/mol. The number of benzene rings is 2. The van der Waals surface area contributed by atoms with Crippen LogP contribution in [0.2, 0.25) is 0 Å². The summed E-state index contributed by atoms with van der Waals surface area (Å²) in [4.78, 5) is 10.2. The summed E-state index contributed by atoms with van der Waals surface area (Å²) in [5.41, 5.74) is 1.15. The van der Waals surface area contributed by atoms with E-state index < -0.39 is 0 Å². The maximum Gasteiger partial charge on any atom is 0.207 e. The lowest BCUT2D eigenvalue weighted by atomic mass is 10.0. The first-order valence-electron chi connectivity index (χ1n) is 4.55. The van der Waals surface area contributed by atoms with Crippen LogP contribution < -0.4 is 5.32 Å². The van der Waals surface area contributed by atoms with Crippen molar-refractivity contribution >= 4 is 17.2 Å². The van der Waals surface area contributed by atoms with Crippen molar-refractivity contribution in [3.63, 3.8) is 0 Å². The molecule has 2 aromatic carbocycles. The van der Waals surface area contributed by atoms with Crippen molar-refractivity contribution in [3.8, 4) is 0 Å². The molecule has 0 heterocycles. The number of carbonyl (C=O) groups excluding carboxylic acids is 1. The van der Waals surface area contributed by atoms with E-state index in [0.717, 1.165) is 12.0 Å². The van der Waals surface area contributed by atoms with E-state index in [9.17, 15) is 4.79 Å².